The van der Waals surface area contributed by atoms with Crippen LogP contribution in [0.2, 0.25) is 0 Å². The zero-order valence-corrected chi connectivity index (χ0v) is 14.7. The zero-order valence-electron chi connectivity index (χ0n) is 14.7. The standard InChI is InChI=1S/C17H32N6/c1-16-5-12-22(13-6-16)10-3-7-20-17(18-2)21-8-4-11-23-14-9-19-15-23/h9,14-16H,3-8,10-13H2,1-2H3,(H2,18,20,21). The van der Waals surface area contributed by atoms with Gasteiger partial charge in [-0.1, -0.05) is 6.92 Å². The molecule has 0 aromatic carbocycles. The van der Waals surface area contributed by atoms with Crippen molar-refractivity contribution in [3.63, 3.8) is 0 Å². The van der Waals surface area contributed by atoms with Crippen LogP contribution < -0.4 is 10.6 Å². The van der Waals surface area contributed by atoms with Crippen LogP contribution in [0.4, 0.5) is 0 Å². The van der Waals surface area contributed by atoms with Gasteiger partial charge in [-0.25, -0.2) is 4.98 Å². The van der Waals surface area contributed by atoms with Crippen LogP contribution in [0.15, 0.2) is 23.7 Å². The van der Waals surface area contributed by atoms with Crippen molar-refractivity contribution >= 4 is 5.96 Å². The first kappa shape index (κ1) is 17.8. The topological polar surface area (TPSA) is 57.5 Å². The van der Waals surface area contributed by atoms with Gasteiger partial charge in [0, 0.05) is 39.1 Å². The molecule has 1 aromatic heterocycles. The van der Waals surface area contributed by atoms with Gasteiger partial charge in [-0.15, -0.1) is 0 Å². The lowest BCUT2D eigenvalue weighted by Gasteiger charge is -2.30. The van der Waals surface area contributed by atoms with Gasteiger partial charge in [0.15, 0.2) is 5.96 Å². The number of nitrogens with zero attached hydrogens (tertiary/aromatic N) is 4. The third-order valence-corrected chi connectivity index (χ3v) is 4.49. The summed E-state index contributed by atoms with van der Waals surface area (Å²) < 4.78 is 2.09. The van der Waals surface area contributed by atoms with E-state index in [-0.39, 0.29) is 0 Å². The molecular formula is C17H32N6. The Balaban J connectivity index is 1.49. The number of nitrogens with one attached hydrogen (secondary N) is 2. The SMILES string of the molecule is CN=C(NCCCN1CCC(C)CC1)NCCCn1ccnc1. The molecule has 1 fully saturated rings. The molecular weight excluding hydrogens is 288 g/mol. The van der Waals surface area contributed by atoms with Crippen molar-refractivity contribution in [2.45, 2.75) is 39.2 Å². The van der Waals surface area contributed by atoms with E-state index in [0.717, 1.165) is 37.9 Å². The Bertz CT molecular complexity index is 434. The fourth-order valence-electron chi connectivity index (χ4n) is 2.90. The number of imidazole rings is 1. The van der Waals surface area contributed by atoms with Gasteiger partial charge in [-0.3, -0.25) is 4.99 Å². The zero-order chi connectivity index (χ0) is 16.3. The highest BCUT2D eigenvalue weighted by Gasteiger charge is 2.14. The van der Waals surface area contributed by atoms with E-state index in [2.05, 4.69) is 37.0 Å². The molecule has 130 valence electrons. The monoisotopic (exact) mass is 320 g/mol. The van der Waals surface area contributed by atoms with Crippen molar-refractivity contribution in [3.05, 3.63) is 18.7 Å². The molecule has 1 aromatic rings. The molecule has 0 aliphatic carbocycles. The molecule has 0 spiro atoms. The minimum Gasteiger partial charge on any atom is -0.356 e. The Morgan fingerprint density at radius 1 is 1.17 bits per heavy atom. The maximum absolute atomic E-state index is 4.28. The van der Waals surface area contributed by atoms with E-state index in [1.807, 2.05) is 25.8 Å². The van der Waals surface area contributed by atoms with Crippen LogP contribution >= 0.6 is 0 Å². The van der Waals surface area contributed by atoms with Crippen molar-refractivity contribution < 1.29 is 0 Å². The van der Waals surface area contributed by atoms with E-state index in [1.165, 1.54) is 38.9 Å². The largest absolute Gasteiger partial charge is 0.356 e. The van der Waals surface area contributed by atoms with Gasteiger partial charge >= 0.3 is 0 Å². The minimum absolute atomic E-state index is 0.905. The van der Waals surface area contributed by atoms with E-state index in [0.29, 0.717) is 0 Å². The smallest absolute Gasteiger partial charge is 0.190 e. The second-order valence-corrected chi connectivity index (χ2v) is 6.46. The summed E-state index contributed by atoms with van der Waals surface area (Å²) in [6.07, 6.45) is 10.6. The van der Waals surface area contributed by atoms with E-state index in [4.69, 9.17) is 0 Å². The summed E-state index contributed by atoms with van der Waals surface area (Å²) in [5, 5.41) is 6.77. The molecule has 0 radical (unpaired) electrons. The van der Waals surface area contributed by atoms with Crippen molar-refractivity contribution in [2.75, 3.05) is 39.8 Å². The second kappa shape index (κ2) is 10.3. The summed E-state index contributed by atoms with van der Waals surface area (Å²) in [6.45, 7) is 8.97. The number of aryl methyl sites for hydroxylation is 1. The summed E-state index contributed by atoms with van der Waals surface area (Å²) in [5.41, 5.74) is 0. The number of likely N-dealkylation sites (tertiary alicyclic amines) is 1. The minimum atomic E-state index is 0.905. The number of hydrogen-bond donors (Lipinski definition) is 2. The maximum atomic E-state index is 4.28. The fraction of sp³-hybridized carbons (Fsp3) is 0.765. The molecule has 6 nitrogen and oxygen atoms in total. The van der Waals surface area contributed by atoms with Crippen LogP contribution in [-0.4, -0.2) is 60.2 Å². The molecule has 0 amide bonds. The molecule has 6 heteroatoms. The molecule has 1 saturated heterocycles. The van der Waals surface area contributed by atoms with Crippen LogP contribution in [0.5, 0.6) is 0 Å². The third-order valence-electron chi connectivity index (χ3n) is 4.49. The van der Waals surface area contributed by atoms with Crippen LogP contribution in [0, 0.1) is 5.92 Å². The Hall–Kier alpha value is -1.56. The van der Waals surface area contributed by atoms with Gasteiger partial charge < -0.3 is 20.1 Å². The van der Waals surface area contributed by atoms with Crippen molar-refractivity contribution in [3.8, 4) is 0 Å². The van der Waals surface area contributed by atoms with Gasteiger partial charge in [0.05, 0.1) is 6.33 Å². The second-order valence-electron chi connectivity index (χ2n) is 6.46. The average molecular weight is 320 g/mol. The van der Waals surface area contributed by atoms with Gasteiger partial charge in [-0.2, -0.15) is 0 Å². The van der Waals surface area contributed by atoms with Crippen LogP contribution in [0.25, 0.3) is 0 Å². The van der Waals surface area contributed by atoms with Gasteiger partial charge in [0.1, 0.15) is 0 Å². The summed E-state index contributed by atoms with van der Waals surface area (Å²) in [6, 6.07) is 0. The predicted molar refractivity (Wildman–Crippen MR) is 95.7 cm³/mol. The quantitative estimate of drug-likeness (QED) is 0.434. The summed E-state index contributed by atoms with van der Waals surface area (Å²) >= 11 is 0. The molecule has 1 aliphatic heterocycles. The van der Waals surface area contributed by atoms with Crippen molar-refractivity contribution in [1.29, 1.82) is 0 Å². The lowest BCUT2D eigenvalue weighted by Crippen LogP contribution is -2.40. The number of rotatable bonds is 8. The molecule has 0 unspecified atom stereocenters. The van der Waals surface area contributed by atoms with E-state index >= 15 is 0 Å². The first-order valence-corrected chi connectivity index (χ1v) is 8.90. The molecule has 23 heavy (non-hydrogen) atoms. The van der Waals surface area contributed by atoms with E-state index in [9.17, 15) is 0 Å². The molecule has 0 bridgehead atoms. The first-order chi connectivity index (χ1) is 11.3. The van der Waals surface area contributed by atoms with Crippen LogP contribution in [-0.2, 0) is 6.54 Å². The number of aliphatic imine (C=N–C) groups is 1. The molecule has 2 N–H and O–H groups in total. The Kier molecular flexibility index (Phi) is 7.93. The van der Waals surface area contributed by atoms with E-state index in [1.54, 1.807) is 0 Å². The Morgan fingerprint density at radius 2 is 1.87 bits per heavy atom. The first-order valence-electron chi connectivity index (χ1n) is 8.90. The van der Waals surface area contributed by atoms with Crippen molar-refractivity contribution in [2.24, 2.45) is 10.9 Å². The number of aromatic nitrogens is 2. The average Bonchev–Trinajstić information content (AvgIpc) is 3.08. The highest BCUT2D eigenvalue weighted by molar-refractivity contribution is 5.79. The molecule has 0 atom stereocenters. The van der Waals surface area contributed by atoms with Crippen LogP contribution in [0.1, 0.15) is 32.6 Å². The van der Waals surface area contributed by atoms with Gasteiger partial charge in [-0.05, 0) is 51.2 Å². The molecule has 2 rings (SSSR count). The Labute approximate surface area is 140 Å². The maximum Gasteiger partial charge on any atom is 0.190 e. The molecule has 0 saturated carbocycles. The van der Waals surface area contributed by atoms with Crippen molar-refractivity contribution in [1.82, 2.24) is 25.1 Å². The lowest BCUT2D eigenvalue weighted by molar-refractivity contribution is 0.191. The Morgan fingerprint density at radius 3 is 2.48 bits per heavy atom. The van der Waals surface area contributed by atoms with E-state index < -0.39 is 0 Å². The number of piperidine rings is 1. The predicted octanol–water partition coefficient (Wildman–Crippen LogP) is 1.56. The highest BCUT2D eigenvalue weighted by Crippen LogP contribution is 2.15. The molecule has 1 aliphatic rings. The lowest BCUT2D eigenvalue weighted by atomic mass is 9.99. The van der Waals surface area contributed by atoms with Gasteiger partial charge in [0.2, 0.25) is 0 Å². The number of hydrogen-bond acceptors (Lipinski definition) is 3. The summed E-state index contributed by atoms with van der Waals surface area (Å²) in [5.74, 6) is 1.82. The summed E-state index contributed by atoms with van der Waals surface area (Å²) in [4.78, 5) is 10.9. The normalized spacial score (nSPS) is 17.4. The highest BCUT2D eigenvalue weighted by atomic mass is 15.2. The number of guanidine groups is 1. The molecule has 2 heterocycles. The third kappa shape index (κ3) is 7.03. The van der Waals surface area contributed by atoms with Crippen LogP contribution in [0.3, 0.4) is 0 Å². The van der Waals surface area contributed by atoms with Gasteiger partial charge in [0.25, 0.3) is 0 Å². The fourth-order valence-corrected chi connectivity index (χ4v) is 2.90. The summed E-state index contributed by atoms with van der Waals surface area (Å²) in [7, 11) is 1.83.